The zero-order valence-electron chi connectivity index (χ0n) is 11.1. The van der Waals surface area contributed by atoms with Crippen LogP contribution in [0.4, 0.5) is 4.39 Å². The van der Waals surface area contributed by atoms with Crippen molar-refractivity contribution >= 4 is 11.6 Å². The molecule has 0 bridgehead atoms. The predicted octanol–water partition coefficient (Wildman–Crippen LogP) is 4.34. The average molecular weight is 278 g/mol. The fraction of sp³-hybridized carbons (Fsp3) is 0.250. The van der Waals surface area contributed by atoms with Gasteiger partial charge in [-0.25, -0.2) is 4.39 Å². The number of aryl methyl sites for hydroxylation is 1. The van der Waals surface area contributed by atoms with Crippen molar-refractivity contribution < 1.29 is 4.39 Å². The molecule has 100 valence electrons. The van der Waals surface area contributed by atoms with Crippen molar-refractivity contribution in [2.75, 3.05) is 0 Å². The molecule has 0 saturated heterocycles. The highest BCUT2D eigenvalue weighted by molar-refractivity contribution is 6.30. The summed E-state index contributed by atoms with van der Waals surface area (Å²) < 4.78 is 13.9. The molecular formula is C16H17ClFN. The third-order valence-corrected chi connectivity index (χ3v) is 3.81. The Bertz CT molecular complexity index is 595. The van der Waals surface area contributed by atoms with Gasteiger partial charge >= 0.3 is 0 Å². The van der Waals surface area contributed by atoms with Crippen LogP contribution in [0.25, 0.3) is 0 Å². The molecule has 0 spiro atoms. The zero-order chi connectivity index (χ0) is 14.0. The number of benzene rings is 2. The van der Waals surface area contributed by atoms with Crippen molar-refractivity contribution in [2.45, 2.75) is 26.3 Å². The second-order valence-corrected chi connectivity index (χ2v) is 5.22. The van der Waals surface area contributed by atoms with Gasteiger partial charge in [-0.05, 0) is 48.6 Å². The summed E-state index contributed by atoms with van der Waals surface area (Å²) in [7, 11) is 0. The number of hydrogen-bond donors (Lipinski definition) is 1. The Balaban J connectivity index is 2.28. The summed E-state index contributed by atoms with van der Waals surface area (Å²) in [5.74, 6) is -0.370. The molecule has 0 saturated carbocycles. The lowest BCUT2D eigenvalue weighted by atomic mass is 9.93. The normalized spacial score (nSPS) is 12.5. The van der Waals surface area contributed by atoms with Crippen LogP contribution in [-0.2, 0) is 6.42 Å². The first-order valence-corrected chi connectivity index (χ1v) is 6.63. The van der Waals surface area contributed by atoms with E-state index in [0.29, 0.717) is 12.0 Å². The zero-order valence-corrected chi connectivity index (χ0v) is 11.8. The summed E-state index contributed by atoms with van der Waals surface area (Å²) in [6, 6.07) is 10.8. The summed E-state index contributed by atoms with van der Waals surface area (Å²) in [5.41, 5.74) is 10.2. The monoisotopic (exact) mass is 277 g/mol. The van der Waals surface area contributed by atoms with Gasteiger partial charge in [0.05, 0.1) is 5.02 Å². The highest BCUT2D eigenvalue weighted by Crippen LogP contribution is 2.25. The minimum Gasteiger partial charge on any atom is -0.324 e. The van der Waals surface area contributed by atoms with E-state index in [2.05, 4.69) is 0 Å². The van der Waals surface area contributed by atoms with Crippen molar-refractivity contribution in [3.63, 3.8) is 0 Å². The van der Waals surface area contributed by atoms with Gasteiger partial charge in [-0.3, -0.25) is 0 Å². The Morgan fingerprint density at radius 3 is 2.58 bits per heavy atom. The topological polar surface area (TPSA) is 26.0 Å². The van der Waals surface area contributed by atoms with Gasteiger partial charge in [0.1, 0.15) is 5.82 Å². The Morgan fingerprint density at radius 1 is 1.16 bits per heavy atom. The Labute approximate surface area is 118 Å². The van der Waals surface area contributed by atoms with Crippen LogP contribution >= 0.6 is 11.6 Å². The number of rotatable bonds is 3. The number of nitrogens with two attached hydrogens (primary N) is 1. The van der Waals surface area contributed by atoms with E-state index in [1.807, 2.05) is 32.0 Å². The molecular weight excluding hydrogens is 261 g/mol. The standard InChI is InChI=1S/C16H17ClFN/c1-10-5-3-7-13(11(10)2)15(19)9-12-6-4-8-14(17)16(12)18/h3-8,15H,9,19H2,1-2H3. The molecule has 19 heavy (non-hydrogen) atoms. The summed E-state index contributed by atoms with van der Waals surface area (Å²) in [6.45, 7) is 4.09. The van der Waals surface area contributed by atoms with E-state index in [0.717, 1.165) is 11.1 Å². The molecule has 0 radical (unpaired) electrons. The first kappa shape index (κ1) is 14.0. The lowest BCUT2D eigenvalue weighted by Gasteiger charge is -2.17. The fourth-order valence-electron chi connectivity index (χ4n) is 2.23. The van der Waals surface area contributed by atoms with E-state index in [9.17, 15) is 4.39 Å². The van der Waals surface area contributed by atoms with Gasteiger partial charge in [0.25, 0.3) is 0 Å². The summed E-state index contributed by atoms with van der Waals surface area (Å²) in [4.78, 5) is 0. The lowest BCUT2D eigenvalue weighted by Crippen LogP contribution is -2.16. The minimum absolute atomic E-state index is 0.144. The molecule has 2 aromatic carbocycles. The van der Waals surface area contributed by atoms with Gasteiger partial charge in [0.2, 0.25) is 0 Å². The maximum atomic E-state index is 13.9. The molecule has 0 aromatic heterocycles. The third-order valence-electron chi connectivity index (χ3n) is 3.52. The van der Waals surface area contributed by atoms with Crippen LogP contribution in [0.2, 0.25) is 5.02 Å². The Morgan fingerprint density at radius 2 is 1.84 bits per heavy atom. The fourth-order valence-corrected chi connectivity index (χ4v) is 2.42. The Hall–Kier alpha value is -1.38. The van der Waals surface area contributed by atoms with E-state index in [1.165, 1.54) is 5.56 Å². The number of hydrogen-bond acceptors (Lipinski definition) is 1. The van der Waals surface area contributed by atoms with Gasteiger partial charge in [0.15, 0.2) is 0 Å². The molecule has 0 aliphatic carbocycles. The van der Waals surface area contributed by atoms with E-state index >= 15 is 0 Å². The summed E-state index contributed by atoms with van der Waals surface area (Å²) >= 11 is 5.78. The van der Waals surface area contributed by atoms with Crippen LogP contribution in [0.5, 0.6) is 0 Å². The van der Waals surface area contributed by atoms with Gasteiger partial charge in [0, 0.05) is 6.04 Å². The van der Waals surface area contributed by atoms with Gasteiger partial charge < -0.3 is 5.73 Å². The second-order valence-electron chi connectivity index (χ2n) is 4.81. The van der Waals surface area contributed by atoms with Gasteiger partial charge in [-0.2, -0.15) is 0 Å². The first-order chi connectivity index (χ1) is 9.00. The second kappa shape index (κ2) is 5.72. The molecule has 0 heterocycles. The highest BCUT2D eigenvalue weighted by Gasteiger charge is 2.14. The van der Waals surface area contributed by atoms with Crippen LogP contribution in [0.15, 0.2) is 36.4 Å². The van der Waals surface area contributed by atoms with Gasteiger partial charge in [-0.1, -0.05) is 41.9 Å². The minimum atomic E-state index is -0.370. The van der Waals surface area contributed by atoms with E-state index < -0.39 is 0 Å². The summed E-state index contributed by atoms with van der Waals surface area (Å²) in [6.07, 6.45) is 0.441. The van der Waals surface area contributed by atoms with Crippen LogP contribution in [0.3, 0.4) is 0 Å². The van der Waals surface area contributed by atoms with Crippen LogP contribution < -0.4 is 5.73 Å². The largest absolute Gasteiger partial charge is 0.324 e. The molecule has 2 N–H and O–H groups in total. The van der Waals surface area contributed by atoms with Crippen molar-refractivity contribution in [1.29, 1.82) is 0 Å². The molecule has 2 aromatic rings. The molecule has 1 atom stereocenters. The number of halogens is 2. The Kier molecular flexibility index (Phi) is 4.23. The maximum absolute atomic E-state index is 13.9. The third kappa shape index (κ3) is 2.96. The van der Waals surface area contributed by atoms with Crippen molar-refractivity contribution in [3.8, 4) is 0 Å². The van der Waals surface area contributed by atoms with E-state index in [-0.39, 0.29) is 16.9 Å². The molecule has 1 unspecified atom stereocenters. The summed E-state index contributed by atoms with van der Waals surface area (Å²) in [5, 5.41) is 0.144. The first-order valence-electron chi connectivity index (χ1n) is 6.25. The molecule has 0 aliphatic rings. The quantitative estimate of drug-likeness (QED) is 0.887. The van der Waals surface area contributed by atoms with Crippen LogP contribution in [-0.4, -0.2) is 0 Å². The van der Waals surface area contributed by atoms with Crippen molar-refractivity contribution in [3.05, 3.63) is 69.5 Å². The van der Waals surface area contributed by atoms with Crippen LogP contribution in [0, 0.1) is 19.7 Å². The molecule has 3 heteroatoms. The van der Waals surface area contributed by atoms with Gasteiger partial charge in [-0.15, -0.1) is 0 Å². The molecule has 2 rings (SSSR count). The molecule has 1 nitrogen and oxygen atoms in total. The molecule has 0 aliphatic heterocycles. The van der Waals surface area contributed by atoms with Crippen molar-refractivity contribution in [2.24, 2.45) is 5.73 Å². The highest BCUT2D eigenvalue weighted by atomic mass is 35.5. The van der Waals surface area contributed by atoms with E-state index in [4.69, 9.17) is 17.3 Å². The average Bonchev–Trinajstić information content (AvgIpc) is 2.38. The predicted molar refractivity (Wildman–Crippen MR) is 78.0 cm³/mol. The molecule has 0 amide bonds. The maximum Gasteiger partial charge on any atom is 0.145 e. The van der Waals surface area contributed by atoms with Crippen LogP contribution in [0.1, 0.15) is 28.3 Å². The molecule has 0 fully saturated rings. The smallest absolute Gasteiger partial charge is 0.145 e. The van der Waals surface area contributed by atoms with Crippen molar-refractivity contribution in [1.82, 2.24) is 0 Å². The lowest BCUT2D eigenvalue weighted by molar-refractivity contribution is 0.593. The van der Waals surface area contributed by atoms with E-state index in [1.54, 1.807) is 18.2 Å². The SMILES string of the molecule is Cc1cccc(C(N)Cc2cccc(Cl)c2F)c1C.